The summed E-state index contributed by atoms with van der Waals surface area (Å²) >= 11 is 1.09. The normalized spacial score (nSPS) is 21.8. The van der Waals surface area contributed by atoms with Crippen LogP contribution in [-0.4, -0.2) is 34.7 Å². The number of hydrogen-bond acceptors (Lipinski definition) is 6. The molecule has 3 rings (SSSR count). The number of nitro groups is 1. The average molecular weight is 319 g/mol. The summed E-state index contributed by atoms with van der Waals surface area (Å²) in [5, 5.41) is 21.5. The van der Waals surface area contributed by atoms with Crippen LogP contribution in [0.1, 0.15) is 18.4 Å². The molecule has 116 valence electrons. The summed E-state index contributed by atoms with van der Waals surface area (Å²) < 4.78 is 0. The molecule has 0 saturated carbocycles. The Morgan fingerprint density at radius 2 is 2.18 bits per heavy atom. The highest BCUT2D eigenvalue weighted by Crippen LogP contribution is 2.37. The van der Waals surface area contributed by atoms with E-state index in [0.717, 1.165) is 36.3 Å². The van der Waals surface area contributed by atoms with Crippen LogP contribution in [0, 0.1) is 10.1 Å². The Bertz CT molecular complexity index is 661. The maximum absolute atomic E-state index is 10.8. The van der Waals surface area contributed by atoms with Gasteiger partial charge in [0.2, 0.25) is 0 Å². The van der Waals surface area contributed by atoms with Crippen LogP contribution >= 0.6 is 11.3 Å². The van der Waals surface area contributed by atoms with Crippen molar-refractivity contribution in [2.75, 3.05) is 24.6 Å². The number of thiazole rings is 1. The lowest BCUT2D eigenvalue weighted by Crippen LogP contribution is -2.48. The Morgan fingerprint density at radius 1 is 1.41 bits per heavy atom. The van der Waals surface area contributed by atoms with Crippen LogP contribution in [0.5, 0.6) is 0 Å². The third kappa shape index (κ3) is 2.69. The summed E-state index contributed by atoms with van der Waals surface area (Å²) in [6, 6.07) is 9.97. The van der Waals surface area contributed by atoms with E-state index in [9.17, 15) is 15.2 Å². The SMILES string of the molecule is O=[N+]([O-])c1cnc(N2CCCC(CO)(c3ccccc3)C2)s1. The van der Waals surface area contributed by atoms with Crippen LogP contribution in [0.25, 0.3) is 0 Å². The van der Waals surface area contributed by atoms with Gasteiger partial charge in [-0.05, 0) is 29.7 Å². The fourth-order valence-corrected chi connectivity index (χ4v) is 3.79. The summed E-state index contributed by atoms with van der Waals surface area (Å²) in [6.07, 6.45) is 3.12. The zero-order chi connectivity index (χ0) is 15.6. The van der Waals surface area contributed by atoms with Crippen molar-refractivity contribution in [1.82, 2.24) is 4.98 Å². The van der Waals surface area contributed by atoms with E-state index in [2.05, 4.69) is 4.98 Å². The second kappa shape index (κ2) is 6.02. The molecule has 1 saturated heterocycles. The smallest absolute Gasteiger partial charge is 0.345 e. The van der Waals surface area contributed by atoms with Crippen LogP contribution in [0.3, 0.4) is 0 Å². The van der Waals surface area contributed by atoms with Crippen molar-refractivity contribution >= 4 is 21.5 Å². The lowest BCUT2D eigenvalue weighted by molar-refractivity contribution is -0.380. The minimum absolute atomic E-state index is 0.0508. The molecule has 1 N–H and O–H groups in total. The first kappa shape index (κ1) is 14.9. The molecule has 1 atom stereocenters. The molecule has 22 heavy (non-hydrogen) atoms. The van der Waals surface area contributed by atoms with Gasteiger partial charge in [-0.25, -0.2) is 4.98 Å². The fourth-order valence-electron chi connectivity index (χ4n) is 3.03. The molecular weight excluding hydrogens is 302 g/mol. The van der Waals surface area contributed by atoms with Crippen LogP contribution in [-0.2, 0) is 5.41 Å². The molecule has 6 nitrogen and oxygen atoms in total. The Hall–Kier alpha value is -1.99. The van der Waals surface area contributed by atoms with Crippen molar-refractivity contribution in [1.29, 1.82) is 0 Å². The Balaban J connectivity index is 1.87. The van der Waals surface area contributed by atoms with E-state index in [1.54, 1.807) is 0 Å². The lowest BCUT2D eigenvalue weighted by atomic mass is 9.75. The largest absolute Gasteiger partial charge is 0.395 e. The van der Waals surface area contributed by atoms with Gasteiger partial charge in [0.1, 0.15) is 6.20 Å². The number of aliphatic hydroxyl groups is 1. The minimum Gasteiger partial charge on any atom is -0.395 e. The molecule has 2 aromatic rings. The molecule has 1 aromatic heterocycles. The minimum atomic E-state index is -0.415. The van der Waals surface area contributed by atoms with Gasteiger partial charge in [-0.15, -0.1) is 0 Å². The number of hydrogen-bond donors (Lipinski definition) is 1. The van der Waals surface area contributed by atoms with Crippen molar-refractivity contribution in [2.24, 2.45) is 0 Å². The molecule has 1 aliphatic heterocycles. The van der Waals surface area contributed by atoms with E-state index < -0.39 is 4.92 Å². The average Bonchev–Trinajstić information content (AvgIpc) is 3.06. The molecular formula is C15H17N3O3S. The molecule has 1 unspecified atom stereocenters. The van der Waals surface area contributed by atoms with Crippen LogP contribution < -0.4 is 4.90 Å². The molecule has 0 aliphatic carbocycles. The van der Waals surface area contributed by atoms with Crippen molar-refractivity contribution < 1.29 is 10.0 Å². The number of anilines is 1. The second-order valence-corrected chi connectivity index (χ2v) is 6.56. The lowest BCUT2D eigenvalue weighted by Gasteiger charge is -2.42. The van der Waals surface area contributed by atoms with Crippen molar-refractivity contribution in [3.63, 3.8) is 0 Å². The Kier molecular flexibility index (Phi) is 4.08. The topological polar surface area (TPSA) is 79.5 Å². The molecule has 0 bridgehead atoms. The molecule has 1 aliphatic rings. The number of aromatic nitrogens is 1. The maximum atomic E-state index is 10.8. The molecule has 0 spiro atoms. The van der Waals surface area contributed by atoms with Crippen molar-refractivity contribution in [2.45, 2.75) is 18.3 Å². The van der Waals surface area contributed by atoms with Gasteiger partial charge in [-0.2, -0.15) is 0 Å². The summed E-state index contributed by atoms with van der Waals surface area (Å²) in [4.78, 5) is 16.6. The Morgan fingerprint density at radius 3 is 2.82 bits per heavy atom. The number of nitrogens with zero attached hydrogens (tertiary/aromatic N) is 3. The summed E-state index contributed by atoms with van der Waals surface area (Å²) in [7, 11) is 0. The Labute approximate surface area is 132 Å². The zero-order valence-corrected chi connectivity index (χ0v) is 12.8. The standard InChI is InChI=1S/C15H17N3O3S/c19-11-15(12-5-2-1-3-6-12)7-4-8-17(10-15)14-16-9-13(22-14)18(20)21/h1-3,5-6,9,19H,4,7-8,10-11H2. The van der Waals surface area contributed by atoms with Gasteiger partial charge in [0.05, 0.1) is 11.5 Å². The van der Waals surface area contributed by atoms with Crippen molar-refractivity contribution in [3.8, 4) is 0 Å². The highest BCUT2D eigenvalue weighted by Gasteiger charge is 2.37. The van der Waals surface area contributed by atoms with Crippen LogP contribution in [0.2, 0.25) is 0 Å². The predicted molar refractivity (Wildman–Crippen MR) is 85.4 cm³/mol. The quantitative estimate of drug-likeness (QED) is 0.692. The van der Waals surface area contributed by atoms with E-state index in [4.69, 9.17) is 0 Å². The third-order valence-corrected chi connectivity index (χ3v) is 5.21. The predicted octanol–water partition coefficient (Wildman–Crippen LogP) is 2.58. The molecule has 2 heterocycles. The molecule has 0 amide bonds. The zero-order valence-electron chi connectivity index (χ0n) is 12.0. The number of benzene rings is 1. The first-order chi connectivity index (χ1) is 10.6. The van der Waals surface area contributed by atoms with Crippen LogP contribution in [0.15, 0.2) is 36.5 Å². The summed E-state index contributed by atoms with van der Waals surface area (Å²) in [5.74, 6) is 0. The van der Waals surface area contributed by atoms with Gasteiger partial charge >= 0.3 is 5.00 Å². The van der Waals surface area contributed by atoms with E-state index in [-0.39, 0.29) is 17.0 Å². The highest BCUT2D eigenvalue weighted by molar-refractivity contribution is 7.18. The molecule has 1 aromatic carbocycles. The van der Waals surface area contributed by atoms with E-state index in [1.807, 2.05) is 35.2 Å². The fraction of sp³-hybridized carbons (Fsp3) is 0.400. The second-order valence-electron chi connectivity index (χ2n) is 5.57. The van der Waals surface area contributed by atoms with Gasteiger partial charge < -0.3 is 10.0 Å². The summed E-state index contributed by atoms with van der Waals surface area (Å²) in [6.45, 7) is 1.48. The third-order valence-electron chi connectivity index (χ3n) is 4.20. The first-order valence-electron chi connectivity index (χ1n) is 7.16. The monoisotopic (exact) mass is 319 g/mol. The highest BCUT2D eigenvalue weighted by atomic mass is 32.1. The number of piperidine rings is 1. The molecule has 0 radical (unpaired) electrons. The van der Waals surface area contributed by atoms with E-state index in [1.165, 1.54) is 6.20 Å². The van der Waals surface area contributed by atoms with Gasteiger partial charge in [-0.3, -0.25) is 10.1 Å². The van der Waals surface area contributed by atoms with E-state index in [0.29, 0.717) is 11.7 Å². The maximum Gasteiger partial charge on any atom is 0.345 e. The molecule has 1 fully saturated rings. The number of rotatable bonds is 4. The van der Waals surface area contributed by atoms with Crippen LogP contribution in [0.4, 0.5) is 10.1 Å². The number of aliphatic hydroxyl groups excluding tert-OH is 1. The first-order valence-corrected chi connectivity index (χ1v) is 7.98. The van der Waals surface area contributed by atoms with Gasteiger partial charge in [-0.1, -0.05) is 30.3 Å². The van der Waals surface area contributed by atoms with Gasteiger partial charge in [0.15, 0.2) is 5.13 Å². The van der Waals surface area contributed by atoms with E-state index >= 15 is 0 Å². The summed E-state index contributed by atoms with van der Waals surface area (Å²) in [5.41, 5.74) is 0.771. The van der Waals surface area contributed by atoms with Crippen molar-refractivity contribution in [3.05, 3.63) is 52.2 Å². The molecule has 7 heteroatoms. The van der Waals surface area contributed by atoms with Gasteiger partial charge in [0.25, 0.3) is 0 Å². The van der Waals surface area contributed by atoms with Gasteiger partial charge in [0, 0.05) is 18.5 Å².